The lowest BCUT2D eigenvalue weighted by atomic mass is 10.0. The van der Waals surface area contributed by atoms with Crippen LogP contribution in [-0.2, 0) is 9.47 Å². The fourth-order valence-corrected chi connectivity index (χ4v) is 1.81. The Hall–Kier alpha value is -2.04. The van der Waals surface area contributed by atoms with E-state index in [1.54, 1.807) is 32.9 Å². The van der Waals surface area contributed by atoms with Gasteiger partial charge in [-0.2, -0.15) is 0 Å². The summed E-state index contributed by atoms with van der Waals surface area (Å²) in [7, 11) is 0. The van der Waals surface area contributed by atoms with Gasteiger partial charge in [0.1, 0.15) is 11.3 Å². The minimum atomic E-state index is -0.584. The van der Waals surface area contributed by atoms with Gasteiger partial charge in [-0.05, 0) is 45.4 Å². The van der Waals surface area contributed by atoms with Gasteiger partial charge >= 0.3 is 11.9 Å². The quantitative estimate of drug-likeness (QED) is 0.750. The molecular weight excluding hydrogens is 260 g/mol. The van der Waals surface area contributed by atoms with Crippen molar-refractivity contribution in [1.82, 2.24) is 0 Å². The minimum Gasteiger partial charge on any atom is -0.493 e. The van der Waals surface area contributed by atoms with Gasteiger partial charge < -0.3 is 14.2 Å². The molecule has 0 aliphatic heterocycles. The molecule has 0 unspecified atom stereocenters. The molecule has 5 heteroatoms. The van der Waals surface area contributed by atoms with Gasteiger partial charge in [0.25, 0.3) is 0 Å². The third-order valence-corrected chi connectivity index (χ3v) is 2.52. The predicted octanol–water partition coefficient (Wildman–Crippen LogP) is 2.75. The molecule has 0 saturated heterocycles. The first-order valence-corrected chi connectivity index (χ1v) is 6.66. The molecule has 0 aromatic heterocycles. The molecule has 0 saturated carbocycles. The normalized spacial score (nSPS) is 10.0. The van der Waals surface area contributed by atoms with Gasteiger partial charge in [0.15, 0.2) is 0 Å². The summed E-state index contributed by atoms with van der Waals surface area (Å²) in [6.45, 7) is 7.89. The summed E-state index contributed by atoms with van der Waals surface area (Å²) in [5, 5.41) is 0. The standard InChI is InChI=1S/C15H20O5/c1-5-18-12-9-10(4)8-11(14(16)19-6-2)13(12)15(17)20-7-3/h8-9H,5-7H2,1-4H3. The molecule has 1 rings (SSSR count). The van der Waals surface area contributed by atoms with Crippen molar-refractivity contribution >= 4 is 11.9 Å². The highest BCUT2D eigenvalue weighted by molar-refractivity contribution is 6.05. The average molecular weight is 280 g/mol. The predicted molar refractivity (Wildman–Crippen MR) is 74.3 cm³/mol. The van der Waals surface area contributed by atoms with Gasteiger partial charge in [-0.25, -0.2) is 9.59 Å². The SMILES string of the molecule is CCOC(=O)c1cc(C)cc(OCC)c1C(=O)OCC. The Morgan fingerprint density at radius 1 is 0.950 bits per heavy atom. The molecule has 0 radical (unpaired) electrons. The van der Waals surface area contributed by atoms with E-state index < -0.39 is 11.9 Å². The monoisotopic (exact) mass is 280 g/mol. The Morgan fingerprint density at radius 2 is 1.55 bits per heavy atom. The van der Waals surface area contributed by atoms with E-state index in [0.717, 1.165) is 5.56 Å². The van der Waals surface area contributed by atoms with Crippen molar-refractivity contribution in [1.29, 1.82) is 0 Å². The van der Waals surface area contributed by atoms with Crippen LogP contribution in [0.4, 0.5) is 0 Å². The molecule has 5 nitrogen and oxygen atoms in total. The summed E-state index contributed by atoms with van der Waals surface area (Å²) in [5.74, 6) is -0.798. The summed E-state index contributed by atoms with van der Waals surface area (Å²) in [4.78, 5) is 24.1. The molecule has 110 valence electrons. The van der Waals surface area contributed by atoms with Crippen LogP contribution < -0.4 is 4.74 Å². The fraction of sp³-hybridized carbons (Fsp3) is 0.467. The Labute approximate surface area is 118 Å². The van der Waals surface area contributed by atoms with Gasteiger partial charge in [-0.15, -0.1) is 0 Å². The van der Waals surface area contributed by atoms with Crippen molar-refractivity contribution in [2.24, 2.45) is 0 Å². The topological polar surface area (TPSA) is 61.8 Å². The van der Waals surface area contributed by atoms with Crippen molar-refractivity contribution in [2.45, 2.75) is 27.7 Å². The van der Waals surface area contributed by atoms with Crippen LogP contribution in [0.25, 0.3) is 0 Å². The molecule has 0 amide bonds. The first-order chi connectivity index (χ1) is 9.54. The second-order valence-corrected chi connectivity index (χ2v) is 4.06. The van der Waals surface area contributed by atoms with Crippen LogP contribution in [0.15, 0.2) is 12.1 Å². The van der Waals surface area contributed by atoms with Crippen LogP contribution in [0.1, 0.15) is 47.1 Å². The third-order valence-electron chi connectivity index (χ3n) is 2.52. The number of carbonyl (C=O) groups excluding carboxylic acids is 2. The molecular formula is C15H20O5. The van der Waals surface area contributed by atoms with Crippen molar-refractivity contribution in [3.8, 4) is 5.75 Å². The van der Waals surface area contributed by atoms with Crippen molar-refractivity contribution in [3.63, 3.8) is 0 Å². The number of carbonyl (C=O) groups is 2. The third kappa shape index (κ3) is 3.73. The van der Waals surface area contributed by atoms with Crippen molar-refractivity contribution < 1.29 is 23.8 Å². The summed E-state index contributed by atoms with van der Waals surface area (Å²) < 4.78 is 15.4. The lowest BCUT2D eigenvalue weighted by Crippen LogP contribution is -2.16. The van der Waals surface area contributed by atoms with E-state index in [2.05, 4.69) is 0 Å². The summed E-state index contributed by atoms with van der Waals surface area (Å²) in [6.07, 6.45) is 0. The highest BCUT2D eigenvalue weighted by Crippen LogP contribution is 2.26. The van der Waals surface area contributed by atoms with Crippen LogP contribution in [0.5, 0.6) is 5.75 Å². The molecule has 0 bridgehead atoms. The first-order valence-electron chi connectivity index (χ1n) is 6.66. The Balaban J connectivity index is 3.38. The number of hydrogen-bond acceptors (Lipinski definition) is 5. The van der Waals surface area contributed by atoms with Crippen LogP contribution in [0.3, 0.4) is 0 Å². The van der Waals surface area contributed by atoms with Crippen LogP contribution in [0.2, 0.25) is 0 Å². The Morgan fingerprint density at radius 3 is 2.10 bits per heavy atom. The molecule has 0 N–H and O–H groups in total. The first kappa shape index (κ1) is 16.0. The number of hydrogen-bond donors (Lipinski definition) is 0. The summed E-state index contributed by atoms with van der Waals surface area (Å²) >= 11 is 0. The van der Waals surface area contributed by atoms with E-state index in [-0.39, 0.29) is 24.3 Å². The number of rotatable bonds is 6. The second-order valence-electron chi connectivity index (χ2n) is 4.06. The fourth-order valence-electron chi connectivity index (χ4n) is 1.81. The minimum absolute atomic E-state index is 0.123. The van der Waals surface area contributed by atoms with Crippen LogP contribution >= 0.6 is 0 Å². The molecule has 1 aromatic carbocycles. The number of esters is 2. The van der Waals surface area contributed by atoms with Crippen molar-refractivity contribution in [3.05, 3.63) is 28.8 Å². The highest BCUT2D eigenvalue weighted by Gasteiger charge is 2.24. The van der Waals surface area contributed by atoms with E-state index in [4.69, 9.17) is 14.2 Å². The molecule has 20 heavy (non-hydrogen) atoms. The zero-order chi connectivity index (χ0) is 15.1. The van der Waals surface area contributed by atoms with Crippen LogP contribution in [0, 0.1) is 6.92 Å². The molecule has 0 heterocycles. The molecule has 0 fully saturated rings. The molecule has 0 atom stereocenters. The van der Waals surface area contributed by atoms with E-state index in [1.165, 1.54) is 0 Å². The maximum absolute atomic E-state index is 12.1. The van der Waals surface area contributed by atoms with E-state index in [1.807, 2.05) is 6.92 Å². The van der Waals surface area contributed by atoms with Gasteiger partial charge in [-0.3, -0.25) is 0 Å². The zero-order valence-corrected chi connectivity index (χ0v) is 12.3. The number of aryl methyl sites for hydroxylation is 1. The van der Waals surface area contributed by atoms with Gasteiger partial charge in [-0.1, -0.05) is 0 Å². The van der Waals surface area contributed by atoms with Gasteiger partial charge in [0.05, 0.1) is 25.4 Å². The molecule has 1 aromatic rings. The van der Waals surface area contributed by atoms with E-state index in [9.17, 15) is 9.59 Å². The maximum atomic E-state index is 12.1. The van der Waals surface area contributed by atoms with Gasteiger partial charge in [0, 0.05) is 0 Å². The lowest BCUT2D eigenvalue weighted by molar-refractivity contribution is 0.0475. The summed E-state index contributed by atoms with van der Waals surface area (Å²) in [6, 6.07) is 3.31. The molecule has 0 aliphatic carbocycles. The highest BCUT2D eigenvalue weighted by atomic mass is 16.5. The maximum Gasteiger partial charge on any atom is 0.342 e. The lowest BCUT2D eigenvalue weighted by Gasteiger charge is -2.14. The Bertz CT molecular complexity index is 493. The Kier molecular flexibility index (Phi) is 6.03. The van der Waals surface area contributed by atoms with E-state index >= 15 is 0 Å². The largest absolute Gasteiger partial charge is 0.493 e. The second kappa shape index (κ2) is 7.53. The van der Waals surface area contributed by atoms with Crippen LogP contribution in [-0.4, -0.2) is 31.8 Å². The molecule has 0 spiro atoms. The number of ether oxygens (including phenoxy) is 3. The van der Waals surface area contributed by atoms with Crippen molar-refractivity contribution in [2.75, 3.05) is 19.8 Å². The van der Waals surface area contributed by atoms with Gasteiger partial charge in [0.2, 0.25) is 0 Å². The zero-order valence-electron chi connectivity index (χ0n) is 12.3. The molecule has 0 aliphatic rings. The summed E-state index contributed by atoms with van der Waals surface area (Å²) in [5.41, 5.74) is 1.11. The smallest absolute Gasteiger partial charge is 0.342 e. The van der Waals surface area contributed by atoms with E-state index in [0.29, 0.717) is 12.4 Å². The number of benzene rings is 1. The average Bonchev–Trinajstić information content (AvgIpc) is 2.38.